The second kappa shape index (κ2) is 5.67. The third-order valence-corrected chi connectivity index (χ3v) is 6.53. The molecular weight excluding hydrogens is 278 g/mol. The van der Waals surface area contributed by atoms with Gasteiger partial charge in [0.05, 0.1) is 15.2 Å². The highest BCUT2D eigenvalue weighted by Gasteiger charge is 2.40. The number of benzene rings is 1. The van der Waals surface area contributed by atoms with Gasteiger partial charge in [-0.1, -0.05) is 18.6 Å². The molecule has 3 N–H and O–H groups in total. The Hall–Kier alpha value is -0.970. The molecule has 0 spiro atoms. The third-order valence-electron chi connectivity index (χ3n) is 5.47. The van der Waals surface area contributed by atoms with Crippen LogP contribution >= 0.6 is 11.3 Å². The van der Waals surface area contributed by atoms with Crippen LogP contribution in [0.15, 0.2) is 24.3 Å². The molecule has 2 aliphatic rings. The van der Waals surface area contributed by atoms with Crippen molar-refractivity contribution < 1.29 is 0 Å². The zero-order valence-electron chi connectivity index (χ0n) is 12.3. The Morgan fingerprint density at radius 1 is 1.29 bits per heavy atom. The molecule has 4 rings (SSSR count). The highest BCUT2D eigenvalue weighted by Crippen LogP contribution is 2.50. The fraction of sp³-hybridized carbons (Fsp3) is 0.588. The molecule has 112 valence electrons. The summed E-state index contributed by atoms with van der Waals surface area (Å²) in [7, 11) is 0. The van der Waals surface area contributed by atoms with E-state index in [9.17, 15) is 0 Å². The number of fused-ring (bicyclic) bond motifs is 3. The lowest BCUT2D eigenvalue weighted by Gasteiger charge is -2.25. The summed E-state index contributed by atoms with van der Waals surface area (Å²) in [4.78, 5) is 4.75. The van der Waals surface area contributed by atoms with Crippen molar-refractivity contribution in [2.45, 2.75) is 44.6 Å². The van der Waals surface area contributed by atoms with Gasteiger partial charge in [0.25, 0.3) is 0 Å². The third kappa shape index (κ3) is 2.72. The number of hydrazine groups is 1. The number of nitrogens with one attached hydrogen (secondary N) is 1. The molecule has 2 saturated carbocycles. The fourth-order valence-electron chi connectivity index (χ4n) is 4.46. The van der Waals surface area contributed by atoms with Gasteiger partial charge < -0.3 is 0 Å². The van der Waals surface area contributed by atoms with Crippen molar-refractivity contribution >= 4 is 21.6 Å². The van der Waals surface area contributed by atoms with E-state index in [1.165, 1.54) is 41.8 Å². The summed E-state index contributed by atoms with van der Waals surface area (Å²) in [5.41, 5.74) is 4.17. The summed E-state index contributed by atoms with van der Waals surface area (Å²) in [6.07, 6.45) is 8.01. The number of thiazole rings is 1. The topological polar surface area (TPSA) is 50.9 Å². The van der Waals surface area contributed by atoms with Gasteiger partial charge in [0.15, 0.2) is 0 Å². The average molecular weight is 301 g/mol. The minimum Gasteiger partial charge on any atom is -0.271 e. The lowest BCUT2D eigenvalue weighted by molar-refractivity contribution is 0.277. The van der Waals surface area contributed by atoms with Crippen LogP contribution in [0.5, 0.6) is 0 Å². The van der Waals surface area contributed by atoms with Crippen LogP contribution in [0.1, 0.15) is 37.1 Å². The van der Waals surface area contributed by atoms with Crippen molar-refractivity contribution in [1.29, 1.82) is 0 Å². The van der Waals surface area contributed by atoms with Gasteiger partial charge >= 0.3 is 0 Å². The molecule has 1 aromatic heterocycles. The maximum absolute atomic E-state index is 5.82. The van der Waals surface area contributed by atoms with Crippen LogP contribution in [0, 0.1) is 17.8 Å². The Kier molecular flexibility index (Phi) is 3.69. The first-order valence-electron chi connectivity index (χ1n) is 8.12. The summed E-state index contributed by atoms with van der Waals surface area (Å²) in [5, 5.41) is 1.21. The zero-order chi connectivity index (χ0) is 14.2. The average Bonchev–Trinajstić information content (AvgIpc) is 3.20. The van der Waals surface area contributed by atoms with Crippen molar-refractivity contribution in [1.82, 2.24) is 10.4 Å². The quantitative estimate of drug-likeness (QED) is 0.656. The molecule has 2 bridgehead atoms. The second-order valence-electron chi connectivity index (χ2n) is 6.81. The van der Waals surface area contributed by atoms with E-state index in [0.717, 1.165) is 29.7 Å². The van der Waals surface area contributed by atoms with E-state index < -0.39 is 0 Å². The maximum atomic E-state index is 5.82. The van der Waals surface area contributed by atoms with Crippen LogP contribution in [0.2, 0.25) is 0 Å². The molecule has 2 aliphatic carbocycles. The van der Waals surface area contributed by atoms with Gasteiger partial charge in [-0.05, 0) is 55.6 Å². The Bertz CT molecular complexity index is 590. The number of para-hydroxylation sites is 1. The van der Waals surface area contributed by atoms with Crippen LogP contribution in [-0.2, 0) is 6.42 Å². The number of hydrogen-bond donors (Lipinski definition) is 2. The standard InChI is InChI=1S/C17H23N3S/c18-20-14(9-13-8-11-5-6-12(13)7-11)10-17-19-15-3-1-2-4-16(15)21-17/h1-4,11-14,20H,5-10,18H2. The van der Waals surface area contributed by atoms with Crippen LogP contribution < -0.4 is 11.3 Å². The van der Waals surface area contributed by atoms with E-state index >= 15 is 0 Å². The first-order chi connectivity index (χ1) is 10.3. The number of nitrogens with two attached hydrogens (primary N) is 1. The summed E-state index contributed by atoms with van der Waals surface area (Å²) in [5.74, 6) is 8.69. The molecule has 1 aromatic carbocycles. The molecular formula is C17H23N3S. The molecule has 2 aromatic rings. The first kappa shape index (κ1) is 13.7. The van der Waals surface area contributed by atoms with Crippen molar-refractivity contribution in [3.05, 3.63) is 29.3 Å². The predicted octanol–water partition coefficient (Wildman–Crippen LogP) is 3.50. The first-order valence-corrected chi connectivity index (χ1v) is 8.94. The lowest BCUT2D eigenvalue weighted by atomic mass is 9.84. The molecule has 0 radical (unpaired) electrons. The Balaban J connectivity index is 1.44. The van der Waals surface area contributed by atoms with Crippen LogP contribution in [0.3, 0.4) is 0 Å². The number of rotatable bonds is 5. The van der Waals surface area contributed by atoms with Gasteiger partial charge in [0.2, 0.25) is 0 Å². The van der Waals surface area contributed by atoms with Crippen molar-refractivity contribution in [3.8, 4) is 0 Å². The molecule has 1 heterocycles. The van der Waals surface area contributed by atoms with E-state index in [4.69, 9.17) is 10.8 Å². The Labute approximate surface area is 129 Å². The minimum absolute atomic E-state index is 0.370. The Morgan fingerprint density at radius 2 is 2.19 bits per heavy atom. The molecule has 0 amide bonds. The van der Waals surface area contributed by atoms with Gasteiger partial charge in [0, 0.05) is 12.5 Å². The highest BCUT2D eigenvalue weighted by molar-refractivity contribution is 7.18. The van der Waals surface area contributed by atoms with E-state index in [1.54, 1.807) is 0 Å². The van der Waals surface area contributed by atoms with E-state index in [2.05, 4.69) is 29.7 Å². The van der Waals surface area contributed by atoms with Gasteiger partial charge in [-0.25, -0.2) is 4.98 Å². The van der Waals surface area contributed by atoms with Gasteiger partial charge in [0.1, 0.15) is 0 Å². The smallest absolute Gasteiger partial charge is 0.0954 e. The second-order valence-corrected chi connectivity index (χ2v) is 7.93. The minimum atomic E-state index is 0.370. The van der Waals surface area contributed by atoms with Crippen LogP contribution in [0.4, 0.5) is 0 Å². The molecule has 3 nitrogen and oxygen atoms in total. The molecule has 0 saturated heterocycles. The molecule has 4 heteroatoms. The van der Waals surface area contributed by atoms with Gasteiger partial charge in [-0.3, -0.25) is 11.3 Å². The SMILES string of the molecule is NNC(Cc1nc2ccccc2s1)CC1CC2CCC1C2. The largest absolute Gasteiger partial charge is 0.271 e. The van der Waals surface area contributed by atoms with E-state index in [0.29, 0.717) is 6.04 Å². The fourth-order valence-corrected chi connectivity index (χ4v) is 5.51. The van der Waals surface area contributed by atoms with Gasteiger partial charge in [-0.15, -0.1) is 11.3 Å². The lowest BCUT2D eigenvalue weighted by Crippen LogP contribution is -2.39. The van der Waals surface area contributed by atoms with Crippen molar-refractivity contribution in [3.63, 3.8) is 0 Å². The summed E-state index contributed by atoms with van der Waals surface area (Å²) in [6, 6.07) is 8.75. The highest BCUT2D eigenvalue weighted by atomic mass is 32.1. The predicted molar refractivity (Wildman–Crippen MR) is 88.0 cm³/mol. The molecule has 21 heavy (non-hydrogen) atoms. The molecule has 4 unspecified atom stereocenters. The van der Waals surface area contributed by atoms with Gasteiger partial charge in [-0.2, -0.15) is 0 Å². The van der Waals surface area contributed by atoms with E-state index in [-0.39, 0.29) is 0 Å². The van der Waals surface area contributed by atoms with E-state index in [1.807, 2.05) is 11.3 Å². The maximum Gasteiger partial charge on any atom is 0.0954 e. The number of nitrogens with zero attached hydrogens (tertiary/aromatic N) is 1. The Morgan fingerprint density at radius 3 is 2.90 bits per heavy atom. The zero-order valence-corrected chi connectivity index (χ0v) is 13.1. The summed E-state index contributed by atoms with van der Waals surface area (Å²) in [6.45, 7) is 0. The summed E-state index contributed by atoms with van der Waals surface area (Å²) < 4.78 is 1.28. The van der Waals surface area contributed by atoms with Crippen LogP contribution in [-0.4, -0.2) is 11.0 Å². The number of hydrogen-bond acceptors (Lipinski definition) is 4. The van der Waals surface area contributed by atoms with Crippen LogP contribution in [0.25, 0.3) is 10.2 Å². The monoisotopic (exact) mass is 301 g/mol. The molecule has 2 fully saturated rings. The number of aromatic nitrogens is 1. The summed E-state index contributed by atoms with van der Waals surface area (Å²) >= 11 is 1.81. The van der Waals surface area contributed by atoms with Crippen molar-refractivity contribution in [2.75, 3.05) is 0 Å². The molecule has 0 aliphatic heterocycles. The van der Waals surface area contributed by atoms with Crippen molar-refractivity contribution in [2.24, 2.45) is 23.6 Å². The normalized spacial score (nSPS) is 29.3. The molecule has 4 atom stereocenters.